The zero-order valence-electron chi connectivity index (χ0n) is 9.92. The standard InChI is InChI=1S/C14H14N2O/c1-8-3-4-10-11-6-9(2)15-13(11)7-14(17)16-12(10)5-8/h3-6,15H,7H2,1-2H3,(H,16,17). The maximum absolute atomic E-state index is 11.8. The molecule has 1 aromatic carbocycles. The number of nitrogens with one attached hydrogen (secondary N) is 2. The number of fused-ring (bicyclic) bond motifs is 3. The molecular weight excluding hydrogens is 212 g/mol. The largest absolute Gasteiger partial charge is 0.362 e. The van der Waals surface area contributed by atoms with Crippen molar-refractivity contribution in [2.24, 2.45) is 0 Å². The van der Waals surface area contributed by atoms with Gasteiger partial charge in [0.25, 0.3) is 0 Å². The lowest BCUT2D eigenvalue weighted by Crippen LogP contribution is -2.13. The number of aromatic nitrogens is 1. The molecule has 1 aromatic heterocycles. The summed E-state index contributed by atoms with van der Waals surface area (Å²) in [4.78, 5) is 15.1. The fourth-order valence-corrected chi connectivity index (χ4v) is 2.38. The minimum absolute atomic E-state index is 0.0393. The molecule has 2 aromatic rings. The summed E-state index contributed by atoms with van der Waals surface area (Å²) in [6.07, 6.45) is 0.414. The number of carbonyl (C=O) groups excluding carboxylic acids is 1. The van der Waals surface area contributed by atoms with Gasteiger partial charge in [-0.05, 0) is 31.5 Å². The molecule has 3 rings (SSSR count). The van der Waals surface area contributed by atoms with E-state index in [0.717, 1.165) is 33.8 Å². The zero-order valence-corrected chi connectivity index (χ0v) is 9.92. The summed E-state index contributed by atoms with van der Waals surface area (Å²) in [5.41, 5.74) is 6.39. The van der Waals surface area contributed by atoms with Gasteiger partial charge in [0.15, 0.2) is 0 Å². The zero-order chi connectivity index (χ0) is 12.0. The third-order valence-corrected chi connectivity index (χ3v) is 3.11. The summed E-state index contributed by atoms with van der Waals surface area (Å²) in [6, 6.07) is 8.26. The first kappa shape index (κ1) is 10.1. The Morgan fingerprint density at radius 2 is 1.94 bits per heavy atom. The van der Waals surface area contributed by atoms with Gasteiger partial charge in [0.1, 0.15) is 0 Å². The number of hydrogen-bond donors (Lipinski definition) is 2. The van der Waals surface area contributed by atoms with Gasteiger partial charge in [0.05, 0.1) is 6.42 Å². The van der Waals surface area contributed by atoms with Crippen molar-refractivity contribution in [3.63, 3.8) is 0 Å². The van der Waals surface area contributed by atoms with Crippen LogP contribution in [-0.2, 0) is 11.2 Å². The molecule has 2 N–H and O–H groups in total. The normalized spacial score (nSPS) is 13.6. The maximum Gasteiger partial charge on any atom is 0.230 e. The van der Waals surface area contributed by atoms with Crippen LogP contribution in [0.15, 0.2) is 24.3 Å². The highest BCUT2D eigenvalue weighted by Crippen LogP contribution is 2.34. The van der Waals surface area contributed by atoms with E-state index in [4.69, 9.17) is 0 Å². The van der Waals surface area contributed by atoms with E-state index in [-0.39, 0.29) is 5.91 Å². The number of hydrogen-bond acceptors (Lipinski definition) is 1. The highest BCUT2D eigenvalue weighted by molar-refractivity contribution is 6.00. The Hall–Kier alpha value is -2.03. The molecule has 3 nitrogen and oxygen atoms in total. The second kappa shape index (κ2) is 3.48. The van der Waals surface area contributed by atoms with Crippen molar-refractivity contribution < 1.29 is 4.79 Å². The number of aryl methyl sites for hydroxylation is 2. The second-order valence-corrected chi connectivity index (χ2v) is 4.62. The van der Waals surface area contributed by atoms with Crippen molar-refractivity contribution in [1.29, 1.82) is 0 Å². The summed E-state index contributed by atoms with van der Waals surface area (Å²) < 4.78 is 0. The Morgan fingerprint density at radius 1 is 1.12 bits per heavy atom. The van der Waals surface area contributed by atoms with Crippen molar-refractivity contribution in [3.05, 3.63) is 41.2 Å². The van der Waals surface area contributed by atoms with Gasteiger partial charge < -0.3 is 10.3 Å². The van der Waals surface area contributed by atoms with Crippen LogP contribution in [0.25, 0.3) is 11.1 Å². The van der Waals surface area contributed by atoms with Crippen molar-refractivity contribution in [1.82, 2.24) is 4.98 Å². The number of amides is 1. The molecule has 1 aliphatic heterocycles. The summed E-state index contributed by atoms with van der Waals surface area (Å²) in [5, 5.41) is 2.96. The SMILES string of the molecule is Cc1ccc2c(c1)NC(=O)Cc1[nH]c(C)cc1-2. The second-order valence-electron chi connectivity index (χ2n) is 4.62. The fourth-order valence-electron chi connectivity index (χ4n) is 2.38. The Kier molecular flexibility index (Phi) is 2.08. The highest BCUT2D eigenvalue weighted by atomic mass is 16.1. The Morgan fingerprint density at radius 3 is 2.76 bits per heavy atom. The molecular formula is C14H14N2O. The lowest BCUT2D eigenvalue weighted by Gasteiger charge is -2.07. The van der Waals surface area contributed by atoms with E-state index in [2.05, 4.69) is 28.5 Å². The lowest BCUT2D eigenvalue weighted by molar-refractivity contribution is -0.115. The number of benzene rings is 1. The molecule has 0 aliphatic carbocycles. The van der Waals surface area contributed by atoms with E-state index in [0.29, 0.717) is 6.42 Å². The predicted molar refractivity (Wildman–Crippen MR) is 68.0 cm³/mol. The van der Waals surface area contributed by atoms with E-state index < -0.39 is 0 Å². The van der Waals surface area contributed by atoms with Gasteiger partial charge >= 0.3 is 0 Å². The van der Waals surface area contributed by atoms with Gasteiger partial charge in [-0.2, -0.15) is 0 Å². The van der Waals surface area contributed by atoms with Crippen LogP contribution in [0, 0.1) is 13.8 Å². The summed E-state index contributed by atoms with van der Waals surface area (Å²) >= 11 is 0. The third-order valence-electron chi connectivity index (χ3n) is 3.11. The number of anilines is 1. The molecule has 0 fully saturated rings. The Balaban J connectivity index is 2.28. The monoisotopic (exact) mass is 226 g/mol. The van der Waals surface area contributed by atoms with Crippen LogP contribution in [0.4, 0.5) is 5.69 Å². The number of aromatic amines is 1. The van der Waals surface area contributed by atoms with Gasteiger partial charge in [-0.1, -0.05) is 12.1 Å². The molecule has 3 heteroatoms. The smallest absolute Gasteiger partial charge is 0.230 e. The van der Waals surface area contributed by atoms with E-state index >= 15 is 0 Å². The molecule has 0 radical (unpaired) electrons. The third kappa shape index (κ3) is 1.64. The van der Waals surface area contributed by atoms with Gasteiger partial charge in [-0.3, -0.25) is 4.79 Å². The van der Waals surface area contributed by atoms with E-state index in [9.17, 15) is 4.79 Å². The highest BCUT2D eigenvalue weighted by Gasteiger charge is 2.20. The first-order valence-corrected chi connectivity index (χ1v) is 5.73. The van der Waals surface area contributed by atoms with Crippen LogP contribution in [0.5, 0.6) is 0 Å². The van der Waals surface area contributed by atoms with Crippen molar-refractivity contribution >= 4 is 11.6 Å². The minimum atomic E-state index is 0.0393. The molecule has 0 spiro atoms. The van der Waals surface area contributed by atoms with Crippen molar-refractivity contribution in [3.8, 4) is 11.1 Å². The number of H-pyrrole nitrogens is 1. The Bertz CT molecular complexity index is 611. The van der Waals surface area contributed by atoms with Crippen LogP contribution in [-0.4, -0.2) is 10.9 Å². The van der Waals surface area contributed by atoms with E-state index in [1.54, 1.807) is 0 Å². The molecule has 1 amide bonds. The molecule has 0 unspecified atom stereocenters. The number of rotatable bonds is 0. The van der Waals surface area contributed by atoms with Crippen LogP contribution < -0.4 is 5.32 Å². The van der Waals surface area contributed by atoms with Crippen LogP contribution in [0.3, 0.4) is 0 Å². The van der Waals surface area contributed by atoms with Crippen LogP contribution >= 0.6 is 0 Å². The maximum atomic E-state index is 11.8. The average Bonchev–Trinajstić information content (AvgIpc) is 2.53. The molecule has 0 saturated heterocycles. The minimum Gasteiger partial charge on any atom is -0.362 e. The van der Waals surface area contributed by atoms with Gasteiger partial charge in [0, 0.05) is 28.2 Å². The summed E-state index contributed by atoms with van der Waals surface area (Å²) in [5.74, 6) is 0.0393. The quantitative estimate of drug-likeness (QED) is 0.712. The summed E-state index contributed by atoms with van der Waals surface area (Å²) in [6.45, 7) is 4.04. The molecule has 0 bridgehead atoms. The number of carbonyl (C=O) groups is 1. The fraction of sp³-hybridized carbons (Fsp3) is 0.214. The van der Waals surface area contributed by atoms with Gasteiger partial charge in [0.2, 0.25) is 5.91 Å². The van der Waals surface area contributed by atoms with Crippen LogP contribution in [0.2, 0.25) is 0 Å². The van der Waals surface area contributed by atoms with Gasteiger partial charge in [-0.25, -0.2) is 0 Å². The van der Waals surface area contributed by atoms with Crippen LogP contribution in [0.1, 0.15) is 17.0 Å². The topological polar surface area (TPSA) is 44.9 Å². The first-order chi connectivity index (χ1) is 8.13. The van der Waals surface area contributed by atoms with Crippen molar-refractivity contribution in [2.75, 3.05) is 5.32 Å². The van der Waals surface area contributed by atoms with Crippen molar-refractivity contribution in [2.45, 2.75) is 20.3 Å². The molecule has 0 atom stereocenters. The molecule has 1 aliphatic rings. The van der Waals surface area contributed by atoms with Gasteiger partial charge in [-0.15, -0.1) is 0 Å². The Labute approximate surface area is 99.9 Å². The molecule has 2 heterocycles. The van der Waals surface area contributed by atoms with E-state index in [1.165, 1.54) is 0 Å². The summed E-state index contributed by atoms with van der Waals surface area (Å²) in [7, 11) is 0. The first-order valence-electron chi connectivity index (χ1n) is 5.73. The molecule has 17 heavy (non-hydrogen) atoms. The van der Waals surface area contributed by atoms with E-state index in [1.807, 2.05) is 19.9 Å². The lowest BCUT2D eigenvalue weighted by atomic mass is 10.0. The molecule has 0 saturated carbocycles. The average molecular weight is 226 g/mol. The molecule has 86 valence electrons. The predicted octanol–water partition coefficient (Wildman–Crippen LogP) is 2.79.